The Hall–Kier alpha value is -2.01. The highest BCUT2D eigenvalue weighted by Gasteiger charge is 2.39. The first-order valence-corrected chi connectivity index (χ1v) is 9.94. The number of nitrogens with zero attached hydrogens (tertiary/aromatic N) is 2. The Bertz CT molecular complexity index is 794. The van der Waals surface area contributed by atoms with Gasteiger partial charge in [-0.1, -0.05) is 12.1 Å². The van der Waals surface area contributed by atoms with Gasteiger partial charge in [-0.05, 0) is 56.8 Å². The molecule has 1 aliphatic carbocycles. The van der Waals surface area contributed by atoms with Crippen LogP contribution in [0.4, 0.5) is 4.79 Å². The summed E-state index contributed by atoms with van der Waals surface area (Å²) in [6, 6.07) is 7.29. The van der Waals surface area contributed by atoms with Crippen molar-refractivity contribution < 1.29 is 4.79 Å². The van der Waals surface area contributed by atoms with Gasteiger partial charge in [0.25, 0.3) is 0 Å². The van der Waals surface area contributed by atoms with Crippen LogP contribution in [0.3, 0.4) is 0 Å². The van der Waals surface area contributed by atoms with E-state index in [1.165, 1.54) is 22.0 Å². The second-order valence-corrected chi connectivity index (χ2v) is 7.86. The van der Waals surface area contributed by atoms with Crippen molar-refractivity contribution in [3.05, 3.63) is 35.5 Å². The number of likely N-dealkylation sites (tertiary alicyclic amines) is 1. The molecule has 1 saturated heterocycles. The molecular formula is C21H30N4O. The number of aromatic nitrogens is 1. The maximum absolute atomic E-state index is 12.3. The smallest absolute Gasteiger partial charge is 0.317 e. The van der Waals surface area contributed by atoms with E-state index in [9.17, 15) is 4.79 Å². The second-order valence-electron chi connectivity index (χ2n) is 7.86. The number of carbonyl (C=O) groups excluding carboxylic acids is 1. The van der Waals surface area contributed by atoms with Gasteiger partial charge in [-0.25, -0.2) is 4.79 Å². The molecule has 3 atom stereocenters. The third kappa shape index (κ3) is 2.88. The fraction of sp³-hybridized carbons (Fsp3) is 0.571. The Morgan fingerprint density at radius 1 is 1.35 bits per heavy atom. The summed E-state index contributed by atoms with van der Waals surface area (Å²) in [7, 11) is 2.24. The number of H-pyrrole nitrogens is 1. The summed E-state index contributed by atoms with van der Waals surface area (Å²) < 4.78 is 0. The zero-order chi connectivity index (χ0) is 18.3. The number of amides is 2. The topological polar surface area (TPSA) is 51.4 Å². The lowest BCUT2D eigenvalue weighted by atomic mass is 9.72. The molecule has 0 bridgehead atoms. The third-order valence-electron chi connectivity index (χ3n) is 6.40. The molecular weight excluding hydrogens is 324 g/mol. The third-order valence-corrected chi connectivity index (χ3v) is 6.40. The predicted molar refractivity (Wildman–Crippen MR) is 106 cm³/mol. The van der Waals surface area contributed by atoms with Crippen LogP contribution in [-0.4, -0.2) is 60.1 Å². The Morgan fingerprint density at radius 2 is 2.15 bits per heavy atom. The molecule has 0 radical (unpaired) electrons. The van der Waals surface area contributed by atoms with Crippen molar-refractivity contribution in [3.8, 4) is 0 Å². The minimum atomic E-state index is 0.0680. The van der Waals surface area contributed by atoms with Crippen LogP contribution in [0.2, 0.25) is 0 Å². The Balaban J connectivity index is 1.51. The molecule has 1 unspecified atom stereocenters. The van der Waals surface area contributed by atoms with Crippen LogP contribution in [-0.2, 0) is 6.42 Å². The average Bonchev–Trinajstić information content (AvgIpc) is 3.06. The summed E-state index contributed by atoms with van der Waals surface area (Å²) in [5.41, 5.74) is 4.20. The fourth-order valence-corrected chi connectivity index (χ4v) is 5.06. The van der Waals surface area contributed by atoms with Crippen molar-refractivity contribution in [2.75, 3.05) is 33.2 Å². The molecule has 1 fully saturated rings. The van der Waals surface area contributed by atoms with Gasteiger partial charge in [0.15, 0.2) is 0 Å². The van der Waals surface area contributed by atoms with E-state index in [4.69, 9.17) is 0 Å². The van der Waals surface area contributed by atoms with Gasteiger partial charge in [-0.2, -0.15) is 0 Å². The van der Waals surface area contributed by atoms with E-state index in [0.29, 0.717) is 17.9 Å². The summed E-state index contributed by atoms with van der Waals surface area (Å²) in [6.45, 7) is 7.39. The molecule has 2 aliphatic rings. The molecule has 4 rings (SSSR count). The van der Waals surface area contributed by atoms with Crippen LogP contribution in [0.1, 0.15) is 37.3 Å². The standard InChI is InChI=1S/C21H30N4O/c1-4-25(5-2)21(26)23-11-14-9-17-16-7-6-8-18-20(16)15(12-22-18)10-19(17)24(3)13-14/h6-8,12,14,17,19,22H,4-5,9-11,13H2,1-3H3,(H,23,26)/t14-,17?,19-/m1/s1. The first kappa shape index (κ1) is 17.4. The second kappa shape index (κ2) is 6.95. The number of piperidine rings is 1. The number of carbonyl (C=O) groups is 1. The summed E-state index contributed by atoms with van der Waals surface area (Å²) in [4.78, 5) is 20.1. The van der Waals surface area contributed by atoms with E-state index in [-0.39, 0.29) is 6.03 Å². The molecule has 5 nitrogen and oxygen atoms in total. The molecule has 0 saturated carbocycles. The van der Waals surface area contributed by atoms with Crippen molar-refractivity contribution in [2.45, 2.75) is 38.6 Å². The highest BCUT2D eigenvalue weighted by molar-refractivity contribution is 5.88. The number of urea groups is 1. The minimum Gasteiger partial charge on any atom is -0.361 e. The number of hydrogen-bond donors (Lipinski definition) is 2. The highest BCUT2D eigenvalue weighted by atomic mass is 16.2. The van der Waals surface area contributed by atoms with Crippen LogP contribution in [0, 0.1) is 5.92 Å². The Labute approximate surface area is 155 Å². The van der Waals surface area contributed by atoms with Crippen LogP contribution < -0.4 is 5.32 Å². The van der Waals surface area contributed by atoms with Crippen molar-refractivity contribution in [1.29, 1.82) is 0 Å². The minimum absolute atomic E-state index is 0.0680. The van der Waals surface area contributed by atoms with Gasteiger partial charge >= 0.3 is 6.03 Å². The number of fused-ring (bicyclic) bond motifs is 2. The normalized spacial score (nSPS) is 25.1. The molecule has 1 aromatic heterocycles. The zero-order valence-electron chi connectivity index (χ0n) is 16.1. The summed E-state index contributed by atoms with van der Waals surface area (Å²) in [5.74, 6) is 1.05. The van der Waals surface area contributed by atoms with Gasteiger partial charge in [-0.3, -0.25) is 0 Å². The quantitative estimate of drug-likeness (QED) is 0.886. The average molecular weight is 354 g/mol. The number of rotatable bonds is 4. The lowest BCUT2D eigenvalue weighted by Gasteiger charge is -2.45. The van der Waals surface area contributed by atoms with Crippen LogP contribution in [0.15, 0.2) is 24.4 Å². The molecule has 2 amide bonds. The zero-order valence-corrected chi connectivity index (χ0v) is 16.1. The van der Waals surface area contributed by atoms with Crippen LogP contribution in [0.5, 0.6) is 0 Å². The molecule has 2 N–H and O–H groups in total. The van der Waals surface area contributed by atoms with Crippen molar-refractivity contribution in [1.82, 2.24) is 20.1 Å². The number of likely N-dealkylation sites (N-methyl/N-ethyl adjacent to an activating group) is 1. The molecule has 140 valence electrons. The highest BCUT2D eigenvalue weighted by Crippen LogP contribution is 2.44. The summed E-state index contributed by atoms with van der Waals surface area (Å²) in [6.07, 6.45) is 4.46. The number of aromatic amines is 1. The van der Waals surface area contributed by atoms with Gasteiger partial charge in [0.05, 0.1) is 0 Å². The summed E-state index contributed by atoms with van der Waals surface area (Å²) in [5, 5.41) is 4.60. The van der Waals surface area contributed by atoms with Gasteiger partial charge in [0.2, 0.25) is 0 Å². The van der Waals surface area contributed by atoms with E-state index < -0.39 is 0 Å². The van der Waals surface area contributed by atoms with Gasteiger partial charge < -0.3 is 20.1 Å². The Morgan fingerprint density at radius 3 is 2.92 bits per heavy atom. The first-order chi connectivity index (χ1) is 12.6. The van der Waals surface area contributed by atoms with E-state index in [2.05, 4.69) is 46.6 Å². The lowest BCUT2D eigenvalue weighted by molar-refractivity contribution is 0.110. The van der Waals surface area contributed by atoms with Gasteiger partial charge in [0, 0.05) is 55.2 Å². The van der Waals surface area contributed by atoms with Crippen molar-refractivity contribution in [2.24, 2.45) is 5.92 Å². The number of nitrogens with one attached hydrogen (secondary N) is 2. The molecule has 2 heterocycles. The molecule has 1 aliphatic heterocycles. The molecule has 1 aromatic carbocycles. The number of hydrogen-bond acceptors (Lipinski definition) is 2. The molecule has 0 spiro atoms. The van der Waals surface area contributed by atoms with E-state index >= 15 is 0 Å². The largest absolute Gasteiger partial charge is 0.361 e. The Kier molecular flexibility index (Phi) is 4.65. The lowest BCUT2D eigenvalue weighted by Crippen LogP contribution is -2.51. The van der Waals surface area contributed by atoms with E-state index in [0.717, 1.165) is 39.0 Å². The van der Waals surface area contributed by atoms with E-state index in [1.807, 2.05) is 18.7 Å². The monoisotopic (exact) mass is 354 g/mol. The molecule has 26 heavy (non-hydrogen) atoms. The fourth-order valence-electron chi connectivity index (χ4n) is 5.06. The van der Waals surface area contributed by atoms with Crippen LogP contribution >= 0.6 is 0 Å². The first-order valence-electron chi connectivity index (χ1n) is 9.94. The SMILES string of the molecule is CCN(CC)C(=O)NC[C@H]1CC2c3cccc4[nH]cc(c34)C[C@H]2N(C)C1. The van der Waals surface area contributed by atoms with Gasteiger partial charge in [0.1, 0.15) is 0 Å². The molecule has 5 heteroatoms. The van der Waals surface area contributed by atoms with Crippen molar-refractivity contribution in [3.63, 3.8) is 0 Å². The number of benzene rings is 1. The predicted octanol–water partition coefficient (Wildman–Crippen LogP) is 3.18. The van der Waals surface area contributed by atoms with Gasteiger partial charge in [-0.15, -0.1) is 0 Å². The maximum Gasteiger partial charge on any atom is 0.317 e. The van der Waals surface area contributed by atoms with Crippen molar-refractivity contribution >= 4 is 16.9 Å². The summed E-state index contributed by atoms with van der Waals surface area (Å²) >= 11 is 0. The molecule has 2 aromatic rings. The van der Waals surface area contributed by atoms with Crippen LogP contribution in [0.25, 0.3) is 10.9 Å². The maximum atomic E-state index is 12.3. The van der Waals surface area contributed by atoms with E-state index in [1.54, 1.807) is 0 Å².